The molecule has 202 valence electrons. The highest BCUT2D eigenvalue weighted by molar-refractivity contribution is 6.32. The van der Waals surface area contributed by atoms with Gasteiger partial charge in [0.25, 0.3) is 5.91 Å². The van der Waals surface area contributed by atoms with Crippen LogP contribution in [0.25, 0.3) is 0 Å². The summed E-state index contributed by atoms with van der Waals surface area (Å²) in [6.45, 7) is 3.98. The summed E-state index contributed by atoms with van der Waals surface area (Å²) in [5.74, 6) is -2.46. The number of hydrogen-bond donors (Lipinski definition) is 0. The molecule has 0 bridgehead atoms. The Hall–Kier alpha value is -3.85. The quantitative estimate of drug-likeness (QED) is 0.225. The van der Waals surface area contributed by atoms with Gasteiger partial charge in [-0.3, -0.25) is 19.7 Å². The van der Waals surface area contributed by atoms with Crippen LogP contribution in [0.1, 0.15) is 38.7 Å². The number of rotatable bonds is 8. The van der Waals surface area contributed by atoms with Crippen LogP contribution in [0.5, 0.6) is 17.2 Å². The van der Waals surface area contributed by atoms with E-state index in [4.69, 9.17) is 21.1 Å². The van der Waals surface area contributed by atoms with Crippen LogP contribution in [0.15, 0.2) is 36.4 Å². The molecule has 9 nitrogen and oxygen atoms in total. The third kappa shape index (κ3) is 5.99. The van der Waals surface area contributed by atoms with Crippen molar-refractivity contribution in [1.82, 2.24) is 4.90 Å². The van der Waals surface area contributed by atoms with Gasteiger partial charge in [0.1, 0.15) is 17.6 Å². The maximum absolute atomic E-state index is 13.4. The molecule has 2 aromatic carbocycles. The number of alkyl halides is 3. The van der Waals surface area contributed by atoms with E-state index in [9.17, 15) is 38.1 Å². The van der Waals surface area contributed by atoms with Gasteiger partial charge in [-0.1, -0.05) is 25.4 Å². The molecule has 13 heteroatoms. The highest BCUT2D eigenvalue weighted by atomic mass is 35.5. The molecule has 1 aliphatic heterocycles. The van der Waals surface area contributed by atoms with Crippen LogP contribution in [0.3, 0.4) is 0 Å². The van der Waals surface area contributed by atoms with Crippen LogP contribution >= 0.6 is 11.6 Å². The van der Waals surface area contributed by atoms with E-state index in [-0.39, 0.29) is 36.0 Å². The Kier molecular flexibility index (Phi) is 8.51. The molecular weight excluding hydrogens is 531 g/mol. The third-order valence-corrected chi connectivity index (χ3v) is 6.42. The number of nitriles is 1. The first-order chi connectivity index (χ1) is 17.8. The molecule has 0 saturated carbocycles. The van der Waals surface area contributed by atoms with Crippen molar-refractivity contribution < 1.29 is 37.2 Å². The van der Waals surface area contributed by atoms with Crippen molar-refractivity contribution >= 4 is 29.0 Å². The van der Waals surface area contributed by atoms with E-state index in [1.54, 1.807) is 6.07 Å². The van der Waals surface area contributed by atoms with Gasteiger partial charge in [0.05, 0.1) is 15.5 Å². The Bertz CT molecular complexity index is 1290. The zero-order valence-electron chi connectivity index (χ0n) is 20.4. The van der Waals surface area contributed by atoms with Crippen molar-refractivity contribution in [3.05, 3.63) is 57.1 Å². The number of piperidine rings is 1. The molecule has 0 N–H and O–H groups in total. The number of hydrogen-bond acceptors (Lipinski definition) is 7. The normalized spacial score (nSPS) is 15.8. The van der Waals surface area contributed by atoms with E-state index < -0.39 is 45.4 Å². The monoisotopic (exact) mass is 553 g/mol. The van der Waals surface area contributed by atoms with Gasteiger partial charge in [0, 0.05) is 31.6 Å². The van der Waals surface area contributed by atoms with E-state index in [2.05, 4.69) is 0 Å². The Morgan fingerprint density at radius 3 is 2.37 bits per heavy atom. The van der Waals surface area contributed by atoms with Gasteiger partial charge in [-0.25, -0.2) is 0 Å². The zero-order valence-corrected chi connectivity index (χ0v) is 21.1. The summed E-state index contributed by atoms with van der Waals surface area (Å²) in [7, 11) is 0. The summed E-state index contributed by atoms with van der Waals surface area (Å²) >= 11 is 5.93. The van der Waals surface area contributed by atoms with Gasteiger partial charge < -0.3 is 14.4 Å². The molecule has 0 aromatic heterocycles. The molecule has 1 heterocycles. The molecule has 0 aliphatic carbocycles. The molecule has 1 saturated heterocycles. The van der Waals surface area contributed by atoms with Crippen molar-refractivity contribution in [3.8, 4) is 23.3 Å². The Morgan fingerprint density at radius 2 is 1.84 bits per heavy atom. The van der Waals surface area contributed by atoms with Gasteiger partial charge in [0.2, 0.25) is 11.5 Å². The molecule has 1 aliphatic rings. The molecule has 1 atom stereocenters. The molecule has 38 heavy (non-hydrogen) atoms. The molecule has 2 aromatic rings. The SMILES string of the molecule is CCC(=O)C(C#N)(Oc1cc(Oc2ccc(C(F)(F)F)cc2Cl)ccc1[N+](=O)[O-])C(=O)N1CCC(C)CC1. The lowest BCUT2D eigenvalue weighted by molar-refractivity contribution is -0.386. The summed E-state index contributed by atoms with van der Waals surface area (Å²) < 4.78 is 49.9. The van der Waals surface area contributed by atoms with Crippen molar-refractivity contribution in [1.29, 1.82) is 5.26 Å². The number of ketones is 1. The second-order valence-corrected chi connectivity index (χ2v) is 9.19. The number of nitro benzene ring substituents is 1. The summed E-state index contributed by atoms with van der Waals surface area (Å²) in [5.41, 5.74) is -4.37. The molecule has 3 rings (SSSR count). The van der Waals surface area contributed by atoms with Gasteiger partial charge in [-0.15, -0.1) is 0 Å². The smallest absolute Gasteiger partial charge is 0.416 e. The lowest BCUT2D eigenvalue weighted by atomic mass is 9.92. The van der Waals surface area contributed by atoms with Crippen molar-refractivity contribution in [2.45, 2.75) is 44.9 Å². The van der Waals surface area contributed by atoms with E-state index in [0.29, 0.717) is 24.8 Å². The fourth-order valence-electron chi connectivity index (χ4n) is 3.88. The average Bonchev–Trinajstić information content (AvgIpc) is 2.87. The number of amides is 1. The molecule has 1 unspecified atom stereocenters. The Balaban J connectivity index is 2.01. The minimum Gasteiger partial charge on any atom is -0.456 e. The minimum atomic E-state index is -4.64. The van der Waals surface area contributed by atoms with Crippen LogP contribution in [-0.4, -0.2) is 40.2 Å². The minimum absolute atomic E-state index is 0.165. The summed E-state index contributed by atoms with van der Waals surface area (Å²) in [6, 6.07) is 7.04. The number of benzene rings is 2. The average molecular weight is 554 g/mol. The van der Waals surface area contributed by atoms with Crippen molar-refractivity contribution in [2.75, 3.05) is 13.1 Å². The topological polar surface area (TPSA) is 123 Å². The second-order valence-electron chi connectivity index (χ2n) is 8.78. The highest BCUT2D eigenvalue weighted by Crippen LogP contribution is 2.40. The van der Waals surface area contributed by atoms with Crippen LogP contribution in [-0.2, 0) is 15.8 Å². The van der Waals surface area contributed by atoms with Crippen molar-refractivity contribution in [3.63, 3.8) is 0 Å². The zero-order chi connectivity index (χ0) is 28.3. The third-order valence-electron chi connectivity index (χ3n) is 6.12. The van der Waals surface area contributed by atoms with Crippen LogP contribution in [0.2, 0.25) is 5.02 Å². The predicted molar refractivity (Wildman–Crippen MR) is 129 cm³/mol. The van der Waals surface area contributed by atoms with E-state index >= 15 is 0 Å². The number of Topliss-reactive ketones (excluding diaryl/α,β-unsaturated/α-hetero) is 1. The lowest BCUT2D eigenvalue weighted by Gasteiger charge is -2.35. The van der Waals surface area contributed by atoms with Gasteiger partial charge >= 0.3 is 17.5 Å². The van der Waals surface area contributed by atoms with Crippen LogP contribution in [0.4, 0.5) is 18.9 Å². The standard InChI is InChI=1S/C25H23ClF3N3O6/c1-3-22(33)24(14-30,23(34)31-10-8-15(2)9-11-31)38-21-13-17(5-6-19(21)32(35)36)37-20-7-4-16(12-18(20)26)25(27,28)29/h4-7,12-13,15H,3,8-11H2,1-2H3. The largest absolute Gasteiger partial charge is 0.456 e. The fourth-order valence-corrected chi connectivity index (χ4v) is 4.10. The van der Waals surface area contributed by atoms with Crippen LogP contribution < -0.4 is 9.47 Å². The van der Waals surface area contributed by atoms with Crippen LogP contribution in [0, 0.1) is 27.4 Å². The molecule has 1 amide bonds. The highest BCUT2D eigenvalue weighted by Gasteiger charge is 2.51. The number of ether oxygens (including phenoxy) is 2. The summed E-state index contributed by atoms with van der Waals surface area (Å²) in [6.07, 6.45) is -3.62. The fraction of sp³-hybridized carbons (Fsp3) is 0.400. The number of carbonyl (C=O) groups excluding carboxylic acids is 2. The molecular formula is C25H23ClF3N3O6. The van der Waals surface area contributed by atoms with E-state index in [1.165, 1.54) is 11.8 Å². The maximum atomic E-state index is 13.4. The summed E-state index contributed by atoms with van der Waals surface area (Å²) in [4.78, 5) is 38.5. The van der Waals surface area contributed by atoms with E-state index in [0.717, 1.165) is 30.3 Å². The lowest BCUT2D eigenvalue weighted by Crippen LogP contribution is -2.58. The molecule has 0 spiro atoms. The number of likely N-dealkylation sites (tertiary alicyclic amines) is 1. The number of nitrogens with zero attached hydrogens (tertiary/aromatic N) is 3. The van der Waals surface area contributed by atoms with Gasteiger partial charge in [0.15, 0.2) is 0 Å². The predicted octanol–water partition coefficient (Wildman–Crippen LogP) is 5.94. The molecule has 0 radical (unpaired) electrons. The van der Waals surface area contributed by atoms with E-state index in [1.807, 2.05) is 6.92 Å². The number of halogens is 4. The van der Waals surface area contributed by atoms with Crippen molar-refractivity contribution in [2.24, 2.45) is 5.92 Å². The first kappa shape index (κ1) is 28.7. The first-order valence-corrected chi connectivity index (χ1v) is 12.0. The number of carbonyl (C=O) groups is 2. The number of nitro groups is 1. The first-order valence-electron chi connectivity index (χ1n) is 11.6. The Labute approximate surface area is 220 Å². The second kappa shape index (κ2) is 11.3. The molecule has 1 fully saturated rings. The summed E-state index contributed by atoms with van der Waals surface area (Å²) in [5, 5.41) is 21.3. The van der Waals surface area contributed by atoms with Gasteiger partial charge in [-0.05, 0) is 43.0 Å². The maximum Gasteiger partial charge on any atom is 0.416 e. The Morgan fingerprint density at radius 1 is 1.18 bits per heavy atom. The van der Waals surface area contributed by atoms with Gasteiger partial charge in [-0.2, -0.15) is 18.4 Å².